The van der Waals surface area contributed by atoms with Gasteiger partial charge in [0.25, 0.3) is 0 Å². The van der Waals surface area contributed by atoms with Crippen molar-refractivity contribution in [2.45, 2.75) is 32.1 Å². The van der Waals surface area contributed by atoms with Crippen LogP contribution in [0.25, 0.3) is 0 Å². The van der Waals surface area contributed by atoms with Crippen LogP contribution in [0.3, 0.4) is 0 Å². The number of benzene rings is 1. The van der Waals surface area contributed by atoms with Gasteiger partial charge in [0.05, 0.1) is 11.5 Å². The summed E-state index contributed by atoms with van der Waals surface area (Å²) in [5.74, 6) is 0. The Labute approximate surface area is 142 Å². The Morgan fingerprint density at radius 3 is 2.00 bits per heavy atom. The molecule has 124 valence electrons. The number of hydrogen-bond acceptors (Lipinski definition) is 3. The summed E-state index contributed by atoms with van der Waals surface area (Å²) in [5, 5.41) is 9.91. The SMILES string of the molecule is CCN(CC)CCC(C#N)(CCN(C)C)c1ccccc1.Cl. The molecule has 1 aromatic rings. The third kappa shape index (κ3) is 5.96. The van der Waals surface area contributed by atoms with Crippen LogP contribution in [-0.2, 0) is 5.41 Å². The molecule has 0 N–H and O–H groups in total. The predicted molar refractivity (Wildman–Crippen MR) is 96.6 cm³/mol. The third-order valence-corrected chi connectivity index (χ3v) is 4.28. The van der Waals surface area contributed by atoms with Gasteiger partial charge in [0.1, 0.15) is 0 Å². The molecule has 0 saturated heterocycles. The Balaban J connectivity index is 0.00000441. The molecule has 0 heterocycles. The summed E-state index contributed by atoms with van der Waals surface area (Å²) in [7, 11) is 4.13. The van der Waals surface area contributed by atoms with Crippen molar-refractivity contribution in [2.75, 3.05) is 40.3 Å². The van der Waals surface area contributed by atoms with Crippen LogP contribution >= 0.6 is 12.4 Å². The summed E-state index contributed by atoms with van der Waals surface area (Å²) in [6.07, 6.45) is 1.77. The first-order chi connectivity index (χ1) is 10.1. The van der Waals surface area contributed by atoms with Crippen molar-refractivity contribution in [1.82, 2.24) is 9.80 Å². The summed E-state index contributed by atoms with van der Waals surface area (Å²) in [4.78, 5) is 4.55. The zero-order valence-electron chi connectivity index (χ0n) is 14.4. The van der Waals surface area contributed by atoms with Crippen LogP contribution in [0, 0.1) is 11.3 Å². The maximum absolute atomic E-state index is 9.91. The molecule has 1 unspecified atom stereocenters. The van der Waals surface area contributed by atoms with Gasteiger partial charge in [-0.05, 0) is 58.7 Å². The van der Waals surface area contributed by atoms with E-state index in [9.17, 15) is 5.26 Å². The van der Waals surface area contributed by atoms with Gasteiger partial charge in [0, 0.05) is 0 Å². The van der Waals surface area contributed by atoms with Crippen LogP contribution in [0.15, 0.2) is 30.3 Å². The predicted octanol–water partition coefficient (Wildman–Crippen LogP) is 3.55. The first-order valence-electron chi connectivity index (χ1n) is 7.91. The zero-order chi connectivity index (χ0) is 15.7. The smallest absolute Gasteiger partial charge is 0.0846 e. The Morgan fingerprint density at radius 1 is 1.00 bits per heavy atom. The molecule has 22 heavy (non-hydrogen) atoms. The molecule has 0 radical (unpaired) electrons. The normalized spacial score (nSPS) is 13.5. The lowest BCUT2D eigenvalue weighted by Gasteiger charge is -2.31. The molecular weight excluding hydrogens is 294 g/mol. The summed E-state index contributed by atoms with van der Waals surface area (Å²) in [6, 6.07) is 12.9. The average molecular weight is 324 g/mol. The second-order valence-corrected chi connectivity index (χ2v) is 5.89. The zero-order valence-corrected chi connectivity index (χ0v) is 15.2. The van der Waals surface area contributed by atoms with Crippen LogP contribution in [-0.4, -0.2) is 50.1 Å². The third-order valence-electron chi connectivity index (χ3n) is 4.28. The monoisotopic (exact) mass is 323 g/mol. The van der Waals surface area contributed by atoms with E-state index in [-0.39, 0.29) is 17.8 Å². The number of halogens is 1. The van der Waals surface area contributed by atoms with Crippen molar-refractivity contribution in [3.63, 3.8) is 0 Å². The molecule has 0 amide bonds. The highest BCUT2D eigenvalue weighted by Crippen LogP contribution is 2.31. The van der Waals surface area contributed by atoms with E-state index in [0.29, 0.717) is 0 Å². The molecule has 0 aromatic heterocycles. The summed E-state index contributed by atoms with van der Waals surface area (Å²) in [5.41, 5.74) is 0.773. The Hall–Kier alpha value is -1.08. The second-order valence-electron chi connectivity index (χ2n) is 5.89. The minimum atomic E-state index is -0.381. The van der Waals surface area contributed by atoms with Gasteiger partial charge >= 0.3 is 0 Å². The highest BCUT2D eigenvalue weighted by atomic mass is 35.5. The number of hydrogen-bond donors (Lipinski definition) is 0. The quantitative estimate of drug-likeness (QED) is 0.696. The Morgan fingerprint density at radius 2 is 1.55 bits per heavy atom. The van der Waals surface area contributed by atoms with E-state index in [2.05, 4.69) is 55.9 Å². The fourth-order valence-corrected chi connectivity index (χ4v) is 2.65. The van der Waals surface area contributed by atoms with Gasteiger partial charge in [-0.1, -0.05) is 44.2 Å². The molecule has 1 aromatic carbocycles. The van der Waals surface area contributed by atoms with Crippen molar-refractivity contribution in [2.24, 2.45) is 0 Å². The van der Waals surface area contributed by atoms with Gasteiger partial charge in [0.2, 0.25) is 0 Å². The summed E-state index contributed by atoms with van der Waals surface area (Å²) < 4.78 is 0. The largest absolute Gasteiger partial charge is 0.309 e. The van der Waals surface area contributed by atoms with Gasteiger partial charge in [-0.3, -0.25) is 0 Å². The fourth-order valence-electron chi connectivity index (χ4n) is 2.65. The number of nitrogens with zero attached hydrogens (tertiary/aromatic N) is 3. The van der Waals surface area contributed by atoms with Crippen molar-refractivity contribution < 1.29 is 0 Å². The number of nitriles is 1. The lowest BCUT2D eigenvalue weighted by molar-refractivity contribution is 0.261. The van der Waals surface area contributed by atoms with Crippen molar-refractivity contribution in [3.05, 3.63) is 35.9 Å². The van der Waals surface area contributed by atoms with Gasteiger partial charge in [-0.15, -0.1) is 12.4 Å². The van der Waals surface area contributed by atoms with Crippen molar-refractivity contribution in [1.29, 1.82) is 5.26 Å². The van der Waals surface area contributed by atoms with Crippen molar-refractivity contribution >= 4 is 12.4 Å². The number of rotatable bonds is 9. The van der Waals surface area contributed by atoms with Gasteiger partial charge in [-0.2, -0.15) is 5.26 Å². The molecule has 0 saturated carbocycles. The van der Waals surface area contributed by atoms with E-state index in [1.165, 1.54) is 0 Å². The molecule has 4 heteroatoms. The van der Waals surface area contributed by atoms with E-state index in [0.717, 1.165) is 44.6 Å². The molecule has 1 atom stereocenters. The lowest BCUT2D eigenvalue weighted by Crippen LogP contribution is -2.35. The molecule has 1 rings (SSSR count). The topological polar surface area (TPSA) is 30.3 Å². The van der Waals surface area contributed by atoms with Crippen LogP contribution in [0.4, 0.5) is 0 Å². The highest BCUT2D eigenvalue weighted by Gasteiger charge is 2.32. The summed E-state index contributed by atoms with van der Waals surface area (Å²) in [6.45, 7) is 8.35. The molecule has 0 fully saturated rings. The molecule has 0 spiro atoms. The molecule has 0 aliphatic carbocycles. The molecule has 0 bridgehead atoms. The van der Waals surface area contributed by atoms with E-state index < -0.39 is 0 Å². The Kier molecular flexibility index (Phi) is 10.1. The first kappa shape index (κ1) is 20.9. The van der Waals surface area contributed by atoms with E-state index in [4.69, 9.17) is 0 Å². The maximum atomic E-state index is 9.91. The van der Waals surface area contributed by atoms with Gasteiger partial charge in [0.15, 0.2) is 0 Å². The van der Waals surface area contributed by atoms with Crippen LogP contribution < -0.4 is 0 Å². The molecule has 0 aliphatic heterocycles. The Bertz CT molecular complexity index is 437. The van der Waals surface area contributed by atoms with E-state index in [1.54, 1.807) is 0 Å². The van der Waals surface area contributed by atoms with Crippen LogP contribution in [0.2, 0.25) is 0 Å². The fraction of sp³-hybridized carbons (Fsp3) is 0.611. The standard InChI is InChI=1S/C18H29N3.ClH/c1-5-21(6-2)15-13-18(16-19,12-14-20(3)4)17-10-8-7-9-11-17;/h7-11H,5-6,12-15H2,1-4H3;1H. The van der Waals surface area contributed by atoms with Crippen molar-refractivity contribution in [3.8, 4) is 6.07 Å². The lowest BCUT2D eigenvalue weighted by atomic mass is 9.76. The minimum Gasteiger partial charge on any atom is -0.309 e. The van der Waals surface area contributed by atoms with Crippen LogP contribution in [0.5, 0.6) is 0 Å². The highest BCUT2D eigenvalue weighted by molar-refractivity contribution is 5.85. The van der Waals surface area contributed by atoms with Crippen LogP contribution in [0.1, 0.15) is 32.3 Å². The molecule has 0 aliphatic rings. The summed E-state index contributed by atoms with van der Waals surface area (Å²) >= 11 is 0. The average Bonchev–Trinajstić information content (AvgIpc) is 2.52. The molecule has 3 nitrogen and oxygen atoms in total. The van der Waals surface area contributed by atoms with Gasteiger partial charge in [-0.25, -0.2) is 0 Å². The maximum Gasteiger partial charge on any atom is 0.0846 e. The second kappa shape index (κ2) is 10.6. The van der Waals surface area contributed by atoms with Gasteiger partial charge < -0.3 is 9.80 Å². The van der Waals surface area contributed by atoms with E-state index >= 15 is 0 Å². The minimum absolute atomic E-state index is 0. The first-order valence-corrected chi connectivity index (χ1v) is 7.91. The molecular formula is C18H30ClN3. The van der Waals surface area contributed by atoms with E-state index in [1.807, 2.05) is 18.2 Å².